The second kappa shape index (κ2) is 7.72. The van der Waals surface area contributed by atoms with E-state index >= 15 is 0 Å². The number of amides is 1. The highest BCUT2D eigenvalue weighted by atomic mass is 35.5. The average Bonchev–Trinajstić information content (AvgIpc) is 3.03. The Morgan fingerprint density at radius 1 is 1.44 bits per heavy atom. The zero-order chi connectivity index (χ0) is 19.0. The van der Waals surface area contributed by atoms with E-state index < -0.39 is 0 Å². The smallest absolute Gasteiger partial charge is 0.252 e. The Morgan fingerprint density at radius 2 is 2.30 bits per heavy atom. The standard InChI is InChI=1S/C20H24ClN3O3/c1-12-7-17(16-3-2-4-18(21)19(16)22-12)20(26)23-13-8-14-11-27-15(5-6-25)10-24(14)9-13/h2-4,7,13-15,25H,5-6,8-11H2,1H3,(H,23,26)/t13-,14+,15+/m1/s1. The monoisotopic (exact) mass is 389 g/mol. The van der Waals surface area contributed by atoms with Crippen LogP contribution in [0.1, 0.15) is 28.9 Å². The van der Waals surface area contributed by atoms with E-state index in [0.717, 1.165) is 30.6 Å². The van der Waals surface area contributed by atoms with Crippen LogP contribution in [0.25, 0.3) is 10.9 Å². The minimum Gasteiger partial charge on any atom is -0.396 e. The van der Waals surface area contributed by atoms with Gasteiger partial charge < -0.3 is 15.2 Å². The van der Waals surface area contributed by atoms with Crippen molar-refractivity contribution in [2.24, 2.45) is 0 Å². The van der Waals surface area contributed by atoms with Gasteiger partial charge in [-0.3, -0.25) is 14.7 Å². The number of hydrogen-bond acceptors (Lipinski definition) is 5. The molecule has 6 nitrogen and oxygen atoms in total. The summed E-state index contributed by atoms with van der Waals surface area (Å²) in [6, 6.07) is 7.74. The van der Waals surface area contributed by atoms with Crippen LogP contribution in [0.2, 0.25) is 5.02 Å². The number of fused-ring (bicyclic) bond motifs is 2. The first-order valence-electron chi connectivity index (χ1n) is 9.38. The van der Waals surface area contributed by atoms with Crippen molar-refractivity contribution in [3.05, 3.63) is 40.5 Å². The van der Waals surface area contributed by atoms with Crippen LogP contribution in [0.15, 0.2) is 24.3 Å². The number of pyridine rings is 1. The molecule has 3 atom stereocenters. The van der Waals surface area contributed by atoms with Gasteiger partial charge in [-0.05, 0) is 31.9 Å². The number of carbonyl (C=O) groups is 1. The molecule has 4 rings (SSSR count). The van der Waals surface area contributed by atoms with Crippen molar-refractivity contribution < 1.29 is 14.6 Å². The Morgan fingerprint density at radius 3 is 3.11 bits per heavy atom. The third-order valence-electron chi connectivity index (χ3n) is 5.44. The molecule has 7 heteroatoms. The Bertz CT molecular complexity index is 860. The van der Waals surface area contributed by atoms with Crippen LogP contribution in [-0.4, -0.2) is 65.4 Å². The van der Waals surface area contributed by atoms with Crippen molar-refractivity contribution in [1.82, 2.24) is 15.2 Å². The van der Waals surface area contributed by atoms with Crippen molar-refractivity contribution >= 4 is 28.4 Å². The minimum atomic E-state index is -0.0922. The molecule has 0 bridgehead atoms. The summed E-state index contributed by atoms with van der Waals surface area (Å²) >= 11 is 6.27. The Balaban J connectivity index is 1.49. The average molecular weight is 390 g/mol. The van der Waals surface area contributed by atoms with Gasteiger partial charge in [-0.1, -0.05) is 23.7 Å². The number of aryl methyl sites for hydroxylation is 1. The molecular formula is C20H24ClN3O3. The summed E-state index contributed by atoms with van der Waals surface area (Å²) in [5, 5.41) is 13.6. The van der Waals surface area contributed by atoms with Crippen LogP contribution in [0, 0.1) is 6.92 Å². The van der Waals surface area contributed by atoms with Gasteiger partial charge in [-0.15, -0.1) is 0 Å². The number of ether oxygens (including phenoxy) is 1. The summed E-state index contributed by atoms with van der Waals surface area (Å²) in [4.78, 5) is 19.8. The molecular weight excluding hydrogens is 366 g/mol. The number of aromatic nitrogens is 1. The Hall–Kier alpha value is -1.73. The van der Waals surface area contributed by atoms with Crippen molar-refractivity contribution in [2.45, 2.75) is 38.0 Å². The molecule has 0 aliphatic carbocycles. The zero-order valence-corrected chi connectivity index (χ0v) is 16.1. The van der Waals surface area contributed by atoms with E-state index in [9.17, 15) is 4.79 Å². The van der Waals surface area contributed by atoms with Gasteiger partial charge in [0, 0.05) is 42.9 Å². The fourth-order valence-corrected chi connectivity index (χ4v) is 4.38. The Kier molecular flexibility index (Phi) is 5.32. The van der Waals surface area contributed by atoms with Gasteiger partial charge >= 0.3 is 0 Å². The summed E-state index contributed by atoms with van der Waals surface area (Å²) in [6.45, 7) is 4.28. The molecule has 27 heavy (non-hydrogen) atoms. The predicted octanol–water partition coefficient (Wildman–Crippen LogP) is 2.15. The molecule has 0 saturated carbocycles. The highest BCUT2D eigenvalue weighted by Crippen LogP contribution is 2.27. The minimum absolute atomic E-state index is 0.0784. The number of hydrogen-bond donors (Lipinski definition) is 2. The Labute approximate surface area is 163 Å². The van der Waals surface area contributed by atoms with Gasteiger partial charge in [-0.2, -0.15) is 0 Å². The maximum absolute atomic E-state index is 13.0. The summed E-state index contributed by atoms with van der Waals surface area (Å²) in [7, 11) is 0. The third kappa shape index (κ3) is 3.80. The SMILES string of the molecule is Cc1cc(C(=O)N[C@@H]2C[C@H]3CO[C@@H](CCO)CN3C2)c2cccc(Cl)c2n1. The number of rotatable bonds is 4. The number of aliphatic hydroxyl groups excluding tert-OH is 1. The van der Waals surface area contributed by atoms with E-state index in [1.54, 1.807) is 6.07 Å². The molecule has 2 saturated heterocycles. The molecule has 3 heterocycles. The van der Waals surface area contributed by atoms with Crippen molar-refractivity contribution in [1.29, 1.82) is 0 Å². The first-order chi connectivity index (χ1) is 13.0. The first kappa shape index (κ1) is 18.6. The lowest BCUT2D eigenvalue weighted by molar-refractivity contribution is -0.0566. The molecule has 2 aliphatic rings. The number of nitrogens with one attached hydrogen (secondary N) is 1. The summed E-state index contributed by atoms with van der Waals surface area (Å²) in [6.07, 6.45) is 1.61. The number of nitrogens with zero attached hydrogens (tertiary/aromatic N) is 2. The van der Waals surface area contributed by atoms with Crippen molar-refractivity contribution in [2.75, 3.05) is 26.3 Å². The van der Waals surface area contributed by atoms with Crippen LogP contribution in [-0.2, 0) is 4.74 Å². The van der Waals surface area contributed by atoms with E-state index in [1.165, 1.54) is 0 Å². The van der Waals surface area contributed by atoms with Gasteiger partial charge in [0.05, 0.1) is 28.8 Å². The number of morpholine rings is 1. The van der Waals surface area contributed by atoms with Gasteiger partial charge in [0.15, 0.2) is 0 Å². The maximum atomic E-state index is 13.0. The van der Waals surface area contributed by atoms with Crippen LogP contribution in [0.4, 0.5) is 0 Å². The van der Waals surface area contributed by atoms with E-state index in [4.69, 9.17) is 21.4 Å². The maximum Gasteiger partial charge on any atom is 0.252 e. The lowest BCUT2D eigenvalue weighted by atomic mass is 10.1. The normalized spacial score (nSPS) is 25.5. The van der Waals surface area contributed by atoms with Crippen LogP contribution in [0.5, 0.6) is 0 Å². The van der Waals surface area contributed by atoms with E-state index in [0.29, 0.717) is 35.2 Å². The molecule has 1 amide bonds. The summed E-state index contributed by atoms with van der Waals surface area (Å²) < 4.78 is 5.82. The quantitative estimate of drug-likeness (QED) is 0.838. The predicted molar refractivity (Wildman–Crippen MR) is 104 cm³/mol. The van der Waals surface area contributed by atoms with E-state index in [-0.39, 0.29) is 24.7 Å². The number of halogens is 1. The van der Waals surface area contributed by atoms with Crippen LogP contribution >= 0.6 is 11.6 Å². The number of carbonyl (C=O) groups excluding carboxylic acids is 1. The highest BCUT2D eigenvalue weighted by Gasteiger charge is 2.37. The number of benzene rings is 1. The molecule has 2 aliphatic heterocycles. The van der Waals surface area contributed by atoms with E-state index in [2.05, 4.69) is 15.2 Å². The van der Waals surface area contributed by atoms with Crippen LogP contribution in [0.3, 0.4) is 0 Å². The highest BCUT2D eigenvalue weighted by molar-refractivity contribution is 6.35. The lowest BCUT2D eigenvalue weighted by Crippen LogP contribution is -2.46. The summed E-state index contributed by atoms with van der Waals surface area (Å²) in [5.74, 6) is -0.0922. The van der Waals surface area contributed by atoms with Crippen molar-refractivity contribution in [3.63, 3.8) is 0 Å². The topological polar surface area (TPSA) is 74.7 Å². The fraction of sp³-hybridized carbons (Fsp3) is 0.500. The molecule has 1 aromatic carbocycles. The molecule has 0 unspecified atom stereocenters. The lowest BCUT2D eigenvalue weighted by Gasteiger charge is -2.34. The third-order valence-corrected chi connectivity index (χ3v) is 5.74. The molecule has 2 N–H and O–H groups in total. The second-order valence-corrected chi connectivity index (χ2v) is 7.84. The zero-order valence-electron chi connectivity index (χ0n) is 15.3. The first-order valence-corrected chi connectivity index (χ1v) is 9.76. The molecule has 2 fully saturated rings. The number of aliphatic hydroxyl groups is 1. The van der Waals surface area contributed by atoms with Crippen LogP contribution < -0.4 is 5.32 Å². The molecule has 0 radical (unpaired) electrons. The van der Waals surface area contributed by atoms with Gasteiger partial charge in [0.25, 0.3) is 5.91 Å². The second-order valence-electron chi connectivity index (χ2n) is 7.43. The fourth-order valence-electron chi connectivity index (χ4n) is 4.16. The van der Waals surface area contributed by atoms with Gasteiger partial charge in [0.2, 0.25) is 0 Å². The van der Waals surface area contributed by atoms with E-state index in [1.807, 2.05) is 25.1 Å². The van der Waals surface area contributed by atoms with Gasteiger partial charge in [-0.25, -0.2) is 0 Å². The number of para-hydroxylation sites is 1. The van der Waals surface area contributed by atoms with Crippen molar-refractivity contribution in [3.8, 4) is 0 Å². The molecule has 0 spiro atoms. The molecule has 1 aromatic heterocycles. The largest absolute Gasteiger partial charge is 0.396 e. The summed E-state index contributed by atoms with van der Waals surface area (Å²) in [5.41, 5.74) is 2.04. The van der Waals surface area contributed by atoms with Gasteiger partial charge in [0.1, 0.15) is 0 Å². The molecule has 2 aromatic rings. The molecule has 144 valence electrons.